The van der Waals surface area contributed by atoms with Crippen LogP contribution >= 0.6 is 0 Å². The first-order valence-corrected chi connectivity index (χ1v) is 8.21. The van der Waals surface area contributed by atoms with Crippen LogP contribution in [0.2, 0.25) is 0 Å². The number of ether oxygens (including phenoxy) is 1. The molecule has 2 N–H and O–H groups in total. The lowest BCUT2D eigenvalue weighted by Crippen LogP contribution is -2.50. The van der Waals surface area contributed by atoms with E-state index in [0.29, 0.717) is 6.10 Å². The number of hydrogen-bond donors (Lipinski definition) is 2. The van der Waals surface area contributed by atoms with E-state index < -0.39 is 0 Å². The molecule has 1 saturated heterocycles. The van der Waals surface area contributed by atoms with E-state index in [0.717, 1.165) is 64.8 Å². The third kappa shape index (κ3) is 5.80. The Morgan fingerprint density at radius 1 is 1.40 bits per heavy atom. The van der Waals surface area contributed by atoms with Crippen LogP contribution in [0.4, 0.5) is 0 Å². The maximum atomic E-state index is 12.5. The molecule has 1 heterocycles. The summed E-state index contributed by atoms with van der Waals surface area (Å²) in [5.74, 6) is 0.247. The molecule has 0 aromatic rings. The van der Waals surface area contributed by atoms with Gasteiger partial charge >= 0.3 is 0 Å². The van der Waals surface area contributed by atoms with Crippen LogP contribution < -0.4 is 10.6 Å². The van der Waals surface area contributed by atoms with E-state index in [4.69, 9.17) is 4.74 Å². The van der Waals surface area contributed by atoms with Gasteiger partial charge in [0.1, 0.15) is 0 Å². The van der Waals surface area contributed by atoms with Gasteiger partial charge in [-0.2, -0.15) is 0 Å². The molecule has 0 radical (unpaired) electrons. The van der Waals surface area contributed by atoms with Gasteiger partial charge < -0.3 is 15.4 Å². The fourth-order valence-electron chi connectivity index (χ4n) is 2.90. The molecule has 1 amide bonds. The fourth-order valence-corrected chi connectivity index (χ4v) is 2.90. The number of unbranched alkanes of at least 4 members (excludes halogenated alkanes) is 1. The van der Waals surface area contributed by atoms with Gasteiger partial charge in [-0.3, -0.25) is 4.79 Å². The molecule has 1 aliphatic heterocycles. The highest BCUT2D eigenvalue weighted by molar-refractivity contribution is 5.83. The number of nitrogens with one attached hydrogen (secondary N) is 2. The fraction of sp³-hybridized carbons (Fsp3) is 0.938. The number of rotatable bonds is 9. The van der Waals surface area contributed by atoms with E-state index in [1.165, 1.54) is 0 Å². The van der Waals surface area contributed by atoms with E-state index >= 15 is 0 Å². The van der Waals surface area contributed by atoms with Crippen molar-refractivity contribution in [3.63, 3.8) is 0 Å². The van der Waals surface area contributed by atoms with E-state index in [1.54, 1.807) is 0 Å². The Kier molecular flexibility index (Phi) is 8.15. The van der Waals surface area contributed by atoms with Crippen LogP contribution in [-0.4, -0.2) is 38.3 Å². The lowest BCUT2D eigenvalue weighted by Gasteiger charge is -2.36. The Morgan fingerprint density at radius 2 is 2.20 bits per heavy atom. The molecule has 4 nitrogen and oxygen atoms in total. The van der Waals surface area contributed by atoms with Crippen molar-refractivity contribution in [1.29, 1.82) is 0 Å². The molecule has 0 aromatic heterocycles. The summed E-state index contributed by atoms with van der Waals surface area (Å²) in [7, 11) is 0. The molecular formula is C16H32N2O2. The van der Waals surface area contributed by atoms with Gasteiger partial charge in [0.2, 0.25) is 5.91 Å². The second-order valence-corrected chi connectivity index (χ2v) is 6.19. The predicted molar refractivity (Wildman–Crippen MR) is 82.8 cm³/mol. The maximum absolute atomic E-state index is 12.5. The van der Waals surface area contributed by atoms with Gasteiger partial charge in [-0.1, -0.05) is 13.3 Å². The average Bonchev–Trinajstić information content (AvgIpc) is 2.43. The molecule has 1 aliphatic rings. The minimum absolute atomic E-state index is 0.165. The number of hydrogen-bond acceptors (Lipinski definition) is 3. The van der Waals surface area contributed by atoms with Crippen LogP contribution in [0.1, 0.15) is 59.3 Å². The lowest BCUT2D eigenvalue weighted by atomic mass is 9.76. The molecule has 0 bridgehead atoms. The standard InChI is InChI=1S/C16H32N2O2/c1-4-8-16(9-7-10-17-13-16)15(19)18-11-5-6-12-20-14(2)3/h14,17H,4-13H2,1-3H3,(H,18,19). The first kappa shape index (κ1) is 17.4. The van der Waals surface area contributed by atoms with Crippen molar-refractivity contribution in [1.82, 2.24) is 10.6 Å². The molecular weight excluding hydrogens is 252 g/mol. The van der Waals surface area contributed by atoms with Crippen molar-refractivity contribution in [2.24, 2.45) is 5.41 Å². The quantitative estimate of drug-likeness (QED) is 0.640. The summed E-state index contributed by atoms with van der Waals surface area (Å²) in [4.78, 5) is 12.5. The zero-order chi connectivity index (χ0) is 14.8. The number of amides is 1. The summed E-state index contributed by atoms with van der Waals surface area (Å²) in [6.07, 6.45) is 6.49. The van der Waals surface area contributed by atoms with Crippen LogP contribution in [0.15, 0.2) is 0 Å². The third-order valence-electron chi connectivity index (χ3n) is 3.99. The topological polar surface area (TPSA) is 50.4 Å². The molecule has 1 atom stereocenters. The SMILES string of the molecule is CCCC1(C(=O)NCCCCOC(C)C)CCCNC1. The smallest absolute Gasteiger partial charge is 0.227 e. The second kappa shape index (κ2) is 9.35. The first-order chi connectivity index (χ1) is 9.60. The monoisotopic (exact) mass is 284 g/mol. The van der Waals surface area contributed by atoms with Gasteiger partial charge in [-0.05, 0) is 52.5 Å². The van der Waals surface area contributed by atoms with Crippen molar-refractivity contribution >= 4 is 5.91 Å². The van der Waals surface area contributed by atoms with Gasteiger partial charge in [0, 0.05) is 19.7 Å². The van der Waals surface area contributed by atoms with Gasteiger partial charge in [0.25, 0.3) is 0 Å². The average molecular weight is 284 g/mol. The van der Waals surface area contributed by atoms with Crippen molar-refractivity contribution in [2.45, 2.75) is 65.4 Å². The van der Waals surface area contributed by atoms with Crippen LogP contribution in [0.5, 0.6) is 0 Å². The van der Waals surface area contributed by atoms with Crippen molar-refractivity contribution in [3.8, 4) is 0 Å². The van der Waals surface area contributed by atoms with Gasteiger partial charge in [0.15, 0.2) is 0 Å². The molecule has 4 heteroatoms. The largest absolute Gasteiger partial charge is 0.379 e. The van der Waals surface area contributed by atoms with Crippen LogP contribution in [0.3, 0.4) is 0 Å². The van der Waals surface area contributed by atoms with Gasteiger partial charge in [-0.25, -0.2) is 0 Å². The molecule has 0 aromatic carbocycles. The number of carbonyl (C=O) groups excluding carboxylic acids is 1. The van der Waals surface area contributed by atoms with Crippen molar-refractivity contribution in [2.75, 3.05) is 26.2 Å². The highest BCUT2D eigenvalue weighted by Gasteiger charge is 2.38. The summed E-state index contributed by atoms with van der Waals surface area (Å²) in [6, 6.07) is 0. The third-order valence-corrected chi connectivity index (χ3v) is 3.99. The normalized spacial score (nSPS) is 23.0. The van der Waals surface area contributed by atoms with Crippen LogP contribution in [0, 0.1) is 5.41 Å². The molecule has 20 heavy (non-hydrogen) atoms. The molecule has 1 unspecified atom stereocenters. The summed E-state index contributed by atoms with van der Waals surface area (Å²) in [5.41, 5.74) is -0.165. The zero-order valence-electron chi connectivity index (χ0n) is 13.5. The Bertz CT molecular complexity index is 268. The minimum Gasteiger partial charge on any atom is -0.379 e. The highest BCUT2D eigenvalue weighted by Crippen LogP contribution is 2.31. The Balaban J connectivity index is 2.25. The predicted octanol–water partition coefficient (Wildman–Crippen LogP) is 2.48. The molecule has 0 saturated carbocycles. The van der Waals surface area contributed by atoms with Crippen LogP contribution in [0.25, 0.3) is 0 Å². The molecule has 1 fully saturated rings. The molecule has 1 rings (SSSR count). The van der Waals surface area contributed by atoms with E-state index in [9.17, 15) is 4.79 Å². The van der Waals surface area contributed by atoms with Gasteiger partial charge in [-0.15, -0.1) is 0 Å². The second-order valence-electron chi connectivity index (χ2n) is 6.19. The Labute approximate surface area is 124 Å². The highest BCUT2D eigenvalue weighted by atomic mass is 16.5. The zero-order valence-corrected chi connectivity index (χ0v) is 13.5. The van der Waals surface area contributed by atoms with E-state index in [1.807, 2.05) is 13.8 Å². The molecule has 0 aliphatic carbocycles. The summed E-state index contributed by atoms with van der Waals surface area (Å²) >= 11 is 0. The molecule has 118 valence electrons. The summed E-state index contributed by atoms with van der Waals surface area (Å²) < 4.78 is 5.50. The maximum Gasteiger partial charge on any atom is 0.227 e. The van der Waals surface area contributed by atoms with Crippen molar-refractivity contribution in [3.05, 3.63) is 0 Å². The van der Waals surface area contributed by atoms with E-state index in [2.05, 4.69) is 17.6 Å². The first-order valence-electron chi connectivity index (χ1n) is 8.21. The van der Waals surface area contributed by atoms with Crippen molar-refractivity contribution < 1.29 is 9.53 Å². The Morgan fingerprint density at radius 3 is 2.80 bits per heavy atom. The summed E-state index contributed by atoms with van der Waals surface area (Å²) in [5, 5.41) is 6.52. The number of piperidine rings is 1. The molecule has 0 spiro atoms. The lowest BCUT2D eigenvalue weighted by molar-refractivity contribution is -0.132. The van der Waals surface area contributed by atoms with Crippen LogP contribution in [-0.2, 0) is 9.53 Å². The number of carbonyl (C=O) groups is 1. The summed E-state index contributed by atoms with van der Waals surface area (Å²) in [6.45, 7) is 9.70. The minimum atomic E-state index is -0.165. The Hall–Kier alpha value is -0.610. The van der Waals surface area contributed by atoms with Gasteiger partial charge in [0.05, 0.1) is 11.5 Å². The van der Waals surface area contributed by atoms with E-state index in [-0.39, 0.29) is 11.3 Å².